The van der Waals surface area contributed by atoms with Crippen molar-refractivity contribution in [3.8, 4) is 5.75 Å². The summed E-state index contributed by atoms with van der Waals surface area (Å²) in [5.41, 5.74) is -0.564. The summed E-state index contributed by atoms with van der Waals surface area (Å²) in [6, 6.07) is 4.27. The third kappa shape index (κ3) is 6.13. The van der Waals surface area contributed by atoms with E-state index < -0.39 is 12.0 Å². The van der Waals surface area contributed by atoms with Crippen molar-refractivity contribution in [2.24, 2.45) is 5.92 Å². The van der Waals surface area contributed by atoms with Gasteiger partial charge in [0.25, 0.3) is 6.43 Å². The van der Waals surface area contributed by atoms with Gasteiger partial charge in [0.1, 0.15) is 11.4 Å². The van der Waals surface area contributed by atoms with Crippen LogP contribution < -0.4 is 4.74 Å². The van der Waals surface area contributed by atoms with Gasteiger partial charge < -0.3 is 14.4 Å². The summed E-state index contributed by atoms with van der Waals surface area (Å²) in [5.74, 6) is 0.710. The second kappa shape index (κ2) is 8.34. The van der Waals surface area contributed by atoms with Crippen molar-refractivity contribution in [3.05, 3.63) is 28.2 Å². The monoisotopic (exact) mass is 419 g/mol. The second-order valence-corrected chi connectivity index (χ2v) is 8.09. The van der Waals surface area contributed by atoms with Crippen molar-refractivity contribution >= 4 is 22.0 Å². The van der Waals surface area contributed by atoms with Crippen molar-refractivity contribution in [2.75, 3.05) is 19.7 Å². The fourth-order valence-corrected chi connectivity index (χ4v) is 3.18. The molecule has 2 rings (SSSR count). The normalized spacial score (nSPS) is 18.4. The molecule has 1 amide bonds. The predicted octanol–water partition coefficient (Wildman–Crippen LogP) is 5.41. The molecule has 1 atom stereocenters. The molecular weight excluding hydrogens is 396 g/mol. The van der Waals surface area contributed by atoms with Gasteiger partial charge in [-0.1, -0.05) is 0 Å². The van der Waals surface area contributed by atoms with Gasteiger partial charge in [0.15, 0.2) is 0 Å². The zero-order valence-electron chi connectivity index (χ0n) is 14.7. The molecule has 0 N–H and O–H groups in total. The molecule has 0 aliphatic carbocycles. The Bertz CT molecular complexity index is 604. The Hall–Kier alpha value is -1.37. The molecule has 1 saturated heterocycles. The number of ether oxygens (including phenoxy) is 2. The van der Waals surface area contributed by atoms with Crippen LogP contribution in [0.5, 0.6) is 5.75 Å². The van der Waals surface area contributed by atoms with Crippen LogP contribution in [0.1, 0.15) is 45.6 Å². The number of halogens is 3. The van der Waals surface area contributed by atoms with Gasteiger partial charge in [0.05, 0.1) is 11.1 Å². The van der Waals surface area contributed by atoms with Gasteiger partial charge in [0, 0.05) is 24.6 Å². The van der Waals surface area contributed by atoms with E-state index in [9.17, 15) is 13.6 Å². The van der Waals surface area contributed by atoms with Crippen LogP contribution in [0.25, 0.3) is 0 Å². The summed E-state index contributed by atoms with van der Waals surface area (Å²) in [5, 5.41) is 0. The maximum Gasteiger partial charge on any atom is 0.410 e. The third-order valence-corrected chi connectivity index (χ3v) is 4.47. The number of carbonyl (C=O) groups is 1. The Morgan fingerprint density at radius 1 is 1.40 bits per heavy atom. The van der Waals surface area contributed by atoms with E-state index >= 15 is 0 Å². The number of likely N-dealkylation sites (tertiary alicyclic amines) is 1. The smallest absolute Gasteiger partial charge is 0.410 e. The number of nitrogens with zero attached hydrogens (tertiary/aromatic N) is 1. The maximum atomic E-state index is 12.7. The predicted molar refractivity (Wildman–Crippen MR) is 95.1 cm³/mol. The Morgan fingerprint density at radius 3 is 2.72 bits per heavy atom. The molecule has 7 heteroatoms. The van der Waals surface area contributed by atoms with Crippen LogP contribution in [-0.4, -0.2) is 36.3 Å². The molecule has 0 spiro atoms. The first-order chi connectivity index (χ1) is 11.7. The molecule has 0 bridgehead atoms. The van der Waals surface area contributed by atoms with Gasteiger partial charge in [-0.25, -0.2) is 13.6 Å². The lowest BCUT2D eigenvalue weighted by Gasteiger charge is -2.34. The maximum absolute atomic E-state index is 12.7. The molecule has 1 unspecified atom stereocenters. The van der Waals surface area contributed by atoms with Gasteiger partial charge in [-0.05, 0) is 67.7 Å². The van der Waals surface area contributed by atoms with E-state index in [1.165, 1.54) is 12.1 Å². The van der Waals surface area contributed by atoms with E-state index in [2.05, 4.69) is 15.9 Å². The van der Waals surface area contributed by atoms with Crippen molar-refractivity contribution in [1.82, 2.24) is 4.90 Å². The number of carbonyl (C=O) groups excluding carboxylic acids is 1. The fourth-order valence-electron chi connectivity index (χ4n) is 2.67. The molecule has 1 aromatic rings. The molecule has 1 aromatic carbocycles. The minimum atomic E-state index is -2.51. The van der Waals surface area contributed by atoms with Crippen molar-refractivity contribution in [2.45, 2.75) is 45.6 Å². The summed E-state index contributed by atoms with van der Waals surface area (Å²) in [7, 11) is 0. The summed E-state index contributed by atoms with van der Waals surface area (Å²) >= 11 is 3.27. The van der Waals surface area contributed by atoms with Gasteiger partial charge >= 0.3 is 6.09 Å². The average molecular weight is 420 g/mol. The minimum Gasteiger partial charge on any atom is -0.492 e. The Balaban J connectivity index is 1.89. The van der Waals surface area contributed by atoms with E-state index in [1.807, 2.05) is 20.8 Å². The van der Waals surface area contributed by atoms with Crippen LogP contribution in [0.2, 0.25) is 0 Å². The van der Waals surface area contributed by atoms with E-state index in [4.69, 9.17) is 9.47 Å². The highest BCUT2D eigenvalue weighted by Crippen LogP contribution is 2.31. The first-order valence-electron chi connectivity index (χ1n) is 8.34. The lowest BCUT2D eigenvalue weighted by molar-refractivity contribution is 0.0139. The quantitative estimate of drug-likeness (QED) is 0.654. The SMILES string of the molecule is CC(C)(C)OC(=O)N1CCCC(COc2ccc(C(F)F)cc2Br)C1. The molecule has 25 heavy (non-hydrogen) atoms. The van der Waals surface area contributed by atoms with E-state index in [-0.39, 0.29) is 17.6 Å². The lowest BCUT2D eigenvalue weighted by atomic mass is 9.99. The van der Waals surface area contributed by atoms with Crippen LogP contribution in [0.15, 0.2) is 22.7 Å². The molecule has 0 aromatic heterocycles. The van der Waals surface area contributed by atoms with E-state index in [0.717, 1.165) is 12.8 Å². The van der Waals surface area contributed by atoms with Crippen LogP contribution >= 0.6 is 15.9 Å². The highest BCUT2D eigenvalue weighted by Gasteiger charge is 2.28. The number of benzene rings is 1. The fraction of sp³-hybridized carbons (Fsp3) is 0.611. The Morgan fingerprint density at radius 2 is 2.12 bits per heavy atom. The van der Waals surface area contributed by atoms with Crippen LogP contribution in [0, 0.1) is 5.92 Å². The zero-order valence-corrected chi connectivity index (χ0v) is 16.3. The van der Waals surface area contributed by atoms with Crippen LogP contribution in [-0.2, 0) is 4.74 Å². The topological polar surface area (TPSA) is 38.8 Å². The molecule has 0 radical (unpaired) electrons. The van der Waals surface area contributed by atoms with Gasteiger partial charge in [-0.2, -0.15) is 0 Å². The Labute approximate surface area is 155 Å². The summed E-state index contributed by atoms with van der Waals surface area (Å²) in [4.78, 5) is 13.9. The summed E-state index contributed by atoms with van der Waals surface area (Å²) in [6.45, 7) is 7.20. The van der Waals surface area contributed by atoms with Gasteiger partial charge in [-0.15, -0.1) is 0 Å². The summed E-state index contributed by atoms with van der Waals surface area (Å²) in [6.07, 6.45) is -0.976. The molecule has 1 fully saturated rings. The van der Waals surface area contributed by atoms with Crippen LogP contribution in [0.3, 0.4) is 0 Å². The molecule has 1 heterocycles. The lowest BCUT2D eigenvalue weighted by Crippen LogP contribution is -2.44. The second-order valence-electron chi connectivity index (χ2n) is 7.24. The number of hydrogen-bond acceptors (Lipinski definition) is 3. The highest BCUT2D eigenvalue weighted by atomic mass is 79.9. The molecule has 1 aliphatic heterocycles. The van der Waals surface area contributed by atoms with Crippen molar-refractivity contribution < 1.29 is 23.0 Å². The number of alkyl halides is 2. The molecular formula is C18H24BrF2NO3. The van der Waals surface area contributed by atoms with Gasteiger partial charge in [-0.3, -0.25) is 0 Å². The van der Waals surface area contributed by atoms with Gasteiger partial charge in [0.2, 0.25) is 0 Å². The van der Waals surface area contributed by atoms with E-state index in [0.29, 0.717) is 29.9 Å². The number of rotatable bonds is 4. The number of piperidine rings is 1. The average Bonchev–Trinajstić information content (AvgIpc) is 2.52. The molecule has 1 aliphatic rings. The largest absolute Gasteiger partial charge is 0.492 e. The number of hydrogen-bond donors (Lipinski definition) is 0. The van der Waals surface area contributed by atoms with Crippen molar-refractivity contribution in [1.29, 1.82) is 0 Å². The first-order valence-corrected chi connectivity index (χ1v) is 9.13. The summed E-state index contributed by atoms with van der Waals surface area (Å²) < 4.78 is 37.0. The molecule has 4 nitrogen and oxygen atoms in total. The number of amides is 1. The standard InChI is InChI=1S/C18H24BrF2NO3/c1-18(2,3)25-17(23)22-8-4-5-12(10-22)11-24-15-7-6-13(16(20)21)9-14(15)19/h6-7,9,12,16H,4-5,8,10-11H2,1-3H3. The highest BCUT2D eigenvalue weighted by molar-refractivity contribution is 9.10. The molecule has 140 valence electrons. The van der Waals surface area contributed by atoms with Crippen LogP contribution in [0.4, 0.5) is 13.6 Å². The van der Waals surface area contributed by atoms with Crippen molar-refractivity contribution in [3.63, 3.8) is 0 Å². The minimum absolute atomic E-state index is 0.0482. The zero-order chi connectivity index (χ0) is 18.6. The van der Waals surface area contributed by atoms with E-state index in [1.54, 1.807) is 11.0 Å². The third-order valence-electron chi connectivity index (χ3n) is 3.85. The Kier molecular flexibility index (Phi) is 6.65. The first kappa shape index (κ1) is 19.9. The molecule has 0 saturated carbocycles.